The van der Waals surface area contributed by atoms with Gasteiger partial charge < -0.3 is 10.6 Å². The second-order valence-electron chi connectivity index (χ2n) is 5.64. The van der Waals surface area contributed by atoms with Crippen LogP contribution < -0.4 is 5.73 Å². The number of rotatable bonds is 1. The molecule has 1 fully saturated rings. The maximum Gasteiger partial charge on any atom is 0.163 e. The summed E-state index contributed by atoms with van der Waals surface area (Å²) in [5.74, 6) is 1.54. The molecule has 6 heteroatoms. The van der Waals surface area contributed by atoms with Crippen molar-refractivity contribution in [3.8, 4) is 0 Å². The van der Waals surface area contributed by atoms with E-state index in [1.54, 1.807) is 10.9 Å². The number of anilines is 1. The molecular weight excluding hydrogens is 264 g/mol. The molecule has 0 bridgehead atoms. The van der Waals surface area contributed by atoms with Crippen molar-refractivity contribution >= 4 is 16.9 Å². The Kier molecular flexibility index (Phi) is 6.08. The van der Waals surface area contributed by atoms with Gasteiger partial charge in [0.2, 0.25) is 0 Å². The zero-order chi connectivity index (χ0) is 14.7. The Balaban J connectivity index is 0.000000267. The number of likely N-dealkylation sites (tertiary alicyclic amines) is 1. The summed E-state index contributed by atoms with van der Waals surface area (Å²) >= 11 is 0. The minimum Gasteiger partial charge on any atom is -0.383 e. The quantitative estimate of drug-likeness (QED) is 0.874. The van der Waals surface area contributed by atoms with Gasteiger partial charge in [-0.1, -0.05) is 21.3 Å². The lowest BCUT2D eigenvalue weighted by atomic mass is 10.2. The number of aromatic nitrogens is 4. The van der Waals surface area contributed by atoms with Gasteiger partial charge in [-0.05, 0) is 33.0 Å². The number of nitrogens with zero attached hydrogens (tertiary/aromatic N) is 5. The van der Waals surface area contributed by atoms with E-state index in [0.29, 0.717) is 5.82 Å². The first-order chi connectivity index (χ1) is 9.49. The number of nitrogen functional groups attached to an aromatic ring is 1. The van der Waals surface area contributed by atoms with Gasteiger partial charge in [-0.3, -0.25) is 4.68 Å². The first-order valence-electron chi connectivity index (χ1n) is 7.12. The molecule has 0 radical (unpaired) electrons. The highest BCUT2D eigenvalue weighted by Crippen LogP contribution is 2.19. The SMILES string of the molecule is C.CC(C)c1nc(N)c2cnn(C)c2n1.CN1CCCC1. The second kappa shape index (κ2) is 7.36. The molecule has 2 aromatic rings. The Bertz CT molecular complexity index is 569. The molecule has 0 unspecified atom stereocenters. The summed E-state index contributed by atoms with van der Waals surface area (Å²) in [7, 11) is 4.02. The lowest BCUT2D eigenvalue weighted by Gasteiger charge is -2.05. The van der Waals surface area contributed by atoms with Crippen molar-refractivity contribution in [2.24, 2.45) is 7.05 Å². The van der Waals surface area contributed by atoms with E-state index in [2.05, 4.69) is 27.0 Å². The van der Waals surface area contributed by atoms with Crippen molar-refractivity contribution in [2.75, 3.05) is 25.9 Å². The van der Waals surface area contributed by atoms with Crippen molar-refractivity contribution in [3.05, 3.63) is 12.0 Å². The summed E-state index contributed by atoms with van der Waals surface area (Å²) in [6.45, 7) is 6.72. The third-order valence-corrected chi connectivity index (χ3v) is 3.48. The van der Waals surface area contributed by atoms with E-state index >= 15 is 0 Å². The van der Waals surface area contributed by atoms with Crippen molar-refractivity contribution in [1.29, 1.82) is 0 Å². The first kappa shape index (κ1) is 17.4. The Morgan fingerprint density at radius 2 is 1.76 bits per heavy atom. The van der Waals surface area contributed by atoms with Gasteiger partial charge in [-0.15, -0.1) is 0 Å². The molecule has 0 aromatic carbocycles. The summed E-state index contributed by atoms with van der Waals surface area (Å²) in [5, 5.41) is 4.91. The van der Waals surface area contributed by atoms with Crippen LogP contribution in [-0.2, 0) is 7.05 Å². The van der Waals surface area contributed by atoms with Crippen molar-refractivity contribution < 1.29 is 0 Å². The third-order valence-electron chi connectivity index (χ3n) is 3.48. The molecular formula is C15H28N6. The van der Waals surface area contributed by atoms with Crippen LogP contribution in [0, 0.1) is 0 Å². The van der Waals surface area contributed by atoms with Gasteiger partial charge in [0.05, 0.1) is 11.6 Å². The van der Waals surface area contributed by atoms with Crippen LogP contribution in [0.15, 0.2) is 6.20 Å². The molecule has 1 aliphatic heterocycles. The molecule has 1 aliphatic rings. The summed E-state index contributed by atoms with van der Waals surface area (Å²) in [6, 6.07) is 0. The highest BCUT2D eigenvalue weighted by atomic mass is 15.3. The predicted molar refractivity (Wildman–Crippen MR) is 88.3 cm³/mol. The van der Waals surface area contributed by atoms with Gasteiger partial charge in [-0.2, -0.15) is 5.10 Å². The number of nitrogens with two attached hydrogens (primary N) is 1. The summed E-state index contributed by atoms with van der Waals surface area (Å²) in [6.07, 6.45) is 4.52. The lowest BCUT2D eigenvalue weighted by Crippen LogP contribution is -2.10. The van der Waals surface area contributed by atoms with E-state index < -0.39 is 0 Å². The largest absolute Gasteiger partial charge is 0.383 e. The molecule has 0 aliphatic carbocycles. The van der Waals surface area contributed by atoms with E-state index in [1.807, 2.05) is 20.9 Å². The minimum atomic E-state index is 0. The van der Waals surface area contributed by atoms with Crippen LogP contribution in [0.2, 0.25) is 0 Å². The van der Waals surface area contributed by atoms with Gasteiger partial charge in [0, 0.05) is 13.0 Å². The average Bonchev–Trinajstić information content (AvgIpc) is 3.00. The Morgan fingerprint density at radius 1 is 1.14 bits per heavy atom. The Hall–Kier alpha value is -1.69. The molecule has 3 heterocycles. The van der Waals surface area contributed by atoms with Crippen LogP contribution in [0.5, 0.6) is 0 Å². The van der Waals surface area contributed by atoms with Crippen LogP contribution in [0.3, 0.4) is 0 Å². The van der Waals surface area contributed by atoms with Gasteiger partial charge in [0.25, 0.3) is 0 Å². The molecule has 3 rings (SSSR count). The van der Waals surface area contributed by atoms with E-state index in [9.17, 15) is 0 Å². The molecule has 2 N–H and O–H groups in total. The van der Waals surface area contributed by atoms with Gasteiger partial charge in [0.15, 0.2) is 5.65 Å². The zero-order valence-corrected chi connectivity index (χ0v) is 12.8. The molecule has 21 heavy (non-hydrogen) atoms. The Morgan fingerprint density at radius 3 is 2.24 bits per heavy atom. The maximum absolute atomic E-state index is 5.80. The monoisotopic (exact) mass is 292 g/mol. The van der Waals surface area contributed by atoms with Crippen molar-refractivity contribution in [2.45, 2.75) is 40.0 Å². The third kappa shape index (κ3) is 4.14. The van der Waals surface area contributed by atoms with Gasteiger partial charge >= 0.3 is 0 Å². The summed E-state index contributed by atoms with van der Waals surface area (Å²) in [4.78, 5) is 11.0. The number of hydrogen-bond acceptors (Lipinski definition) is 5. The normalized spacial score (nSPS) is 14.9. The number of hydrogen-bond donors (Lipinski definition) is 1. The fourth-order valence-electron chi connectivity index (χ4n) is 2.19. The zero-order valence-electron chi connectivity index (χ0n) is 12.8. The molecule has 1 saturated heterocycles. The molecule has 0 saturated carbocycles. The lowest BCUT2D eigenvalue weighted by molar-refractivity contribution is 0.418. The summed E-state index contributed by atoms with van der Waals surface area (Å²) in [5.41, 5.74) is 6.60. The molecule has 118 valence electrons. The fraction of sp³-hybridized carbons (Fsp3) is 0.667. The topological polar surface area (TPSA) is 72.9 Å². The number of fused-ring (bicyclic) bond motifs is 1. The van der Waals surface area contributed by atoms with E-state index in [4.69, 9.17) is 5.73 Å². The number of aryl methyl sites for hydroxylation is 1. The average molecular weight is 292 g/mol. The fourth-order valence-corrected chi connectivity index (χ4v) is 2.19. The van der Waals surface area contributed by atoms with Crippen LogP contribution >= 0.6 is 0 Å². The smallest absolute Gasteiger partial charge is 0.163 e. The molecule has 0 spiro atoms. The molecule has 6 nitrogen and oxygen atoms in total. The maximum atomic E-state index is 5.80. The molecule has 0 atom stereocenters. The van der Waals surface area contributed by atoms with Crippen molar-refractivity contribution in [1.82, 2.24) is 24.6 Å². The summed E-state index contributed by atoms with van der Waals surface area (Å²) < 4.78 is 1.71. The first-order valence-corrected chi connectivity index (χ1v) is 7.12. The van der Waals surface area contributed by atoms with E-state index in [1.165, 1.54) is 25.9 Å². The highest BCUT2D eigenvalue weighted by molar-refractivity contribution is 5.84. The predicted octanol–water partition coefficient (Wildman–Crippen LogP) is 2.42. The van der Waals surface area contributed by atoms with Gasteiger partial charge in [0.1, 0.15) is 11.6 Å². The molecule has 0 amide bonds. The van der Waals surface area contributed by atoms with Crippen LogP contribution in [0.1, 0.15) is 45.9 Å². The highest BCUT2D eigenvalue weighted by Gasteiger charge is 2.10. The molecule has 2 aromatic heterocycles. The van der Waals surface area contributed by atoms with Crippen molar-refractivity contribution in [3.63, 3.8) is 0 Å². The van der Waals surface area contributed by atoms with E-state index in [-0.39, 0.29) is 13.3 Å². The van der Waals surface area contributed by atoms with Crippen LogP contribution in [0.4, 0.5) is 5.82 Å². The second-order valence-corrected chi connectivity index (χ2v) is 5.64. The standard InChI is InChI=1S/C9H13N5.C5H11N.CH4/c1-5(2)8-12-7(10)6-4-11-14(3)9(6)13-8;1-6-4-2-3-5-6;/h4-5H,1-3H3,(H2,10,12,13);2-5H2,1H3;1H4. The van der Waals surface area contributed by atoms with Crippen LogP contribution in [0.25, 0.3) is 11.0 Å². The van der Waals surface area contributed by atoms with E-state index in [0.717, 1.165) is 16.9 Å². The minimum absolute atomic E-state index is 0. The Labute approximate surface area is 127 Å². The van der Waals surface area contributed by atoms with Crippen LogP contribution in [-0.4, -0.2) is 44.8 Å². The van der Waals surface area contributed by atoms with Gasteiger partial charge in [-0.25, -0.2) is 9.97 Å².